The number of nitrogens with one attached hydrogen (secondary N) is 2. The van der Waals surface area contributed by atoms with Crippen LogP contribution >= 0.6 is 0 Å². The summed E-state index contributed by atoms with van der Waals surface area (Å²) in [6, 6.07) is 15.1. The zero-order chi connectivity index (χ0) is 21.1. The number of rotatable bonds is 5. The second-order valence-electron chi connectivity index (χ2n) is 7.04. The average molecular weight is 399 g/mol. The smallest absolute Gasteiger partial charge is 0.255 e. The molecule has 4 aromatic rings. The molecule has 0 aliphatic rings. The summed E-state index contributed by atoms with van der Waals surface area (Å²) in [5.41, 5.74) is 4.48. The number of para-hydroxylation sites is 1. The number of aryl methyl sites for hydroxylation is 2. The quantitative estimate of drug-likeness (QED) is 0.539. The van der Waals surface area contributed by atoms with Crippen molar-refractivity contribution in [2.24, 2.45) is 0 Å². The second kappa shape index (κ2) is 8.16. The van der Waals surface area contributed by atoms with Crippen molar-refractivity contribution < 1.29 is 4.79 Å². The van der Waals surface area contributed by atoms with Gasteiger partial charge in [0, 0.05) is 42.0 Å². The molecule has 3 heterocycles. The van der Waals surface area contributed by atoms with Crippen LogP contribution in [-0.2, 0) is 6.54 Å². The monoisotopic (exact) mass is 399 g/mol. The molecule has 0 fully saturated rings. The molecule has 0 saturated carbocycles. The van der Waals surface area contributed by atoms with Crippen LogP contribution < -0.4 is 10.9 Å². The molecule has 0 unspecified atom stereocenters. The Morgan fingerprint density at radius 3 is 2.63 bits per heavy atom. The van der Waals surface area contributed by atoms with Crippen LogP contribution in [0.25, 0.3) is 16.9 Å². The summed E-state index contributed by atoms with van der Waals surface area (Å²) in [5.74, 6) is -0.310. The molecule has 3 aromatic heterocycles. The lowest BCUT2D eigenvalue weighted by Crippen LogP contribution is -2.28. The Morgan fingerprint density at radius 2 is 1.93 bits per heavy atom. The molecule has 2 N–H and O–H groups in total. The predicted molar refractivity (Wildman–Crippen MR) is 115 cm³/mol. The van der Waals surface area contributed by atoms with Gasteiger partial charge in [-0.05, 0) is 49.7 Å². The van der Waals surface area contributed by atoms with E-state index in [1.807, 2.05) is 56.3 Å². The van der Waals surface area contributed by atoms with E-state index in [4.69, 9.17) is 0 Å². The molecule has 7 nitrogen and oxygen atoms in total. The van der Waals surface area contributed by atoms with Gasteiger partial charge in [0.1, 0.15) is 5.69 Å². The van der Waals surface area contributed by atoms with E-state index in [9.17, 15) is 9.59 Å². The van der Waals surface area contributed by atoms with Gasteiger partial charge in [-0.3, -0.25) is 14.6 Å². The first kappa shape index (κ1) is 19.3. The molecule has 150 valence electrons. The van der Waals surface area contributed by atoms with Gasteiger partial charge in [-0.2, -0.15) is 5.10 Å². The van der Waals surface area contributed by atoms with E-state index >= 15 is 0 Å². The molecule has 0 saturated heterocycles. The first-order chi connectivity index (χ1) is 14.5. The van der Waals surface area contributed by atoms with Gasteiger partial charge in [0.05, 0.1) is 11.3 Å². The minimum atomic E-state index is -0.310. The van der Waals surface area contributed by atoms with Gasteiger partial charge in [-0.25, -0.2) is 4.68 Å². The normalized spacial score (nSPS) is 10.7. The molecule has 0 bridgehead atoms. The summed E-state index contributed by atoms with van der Waals surface area (Å²) in [6.45, 7) is 3.82. The van der Waals surface area contributed by atoms with Crippen molar-refractivity contribution >= 4 is 5.91 Å². The number of carbonyl (C=O) groups excluding carboxylic acids is 1. The van der Waals surface area contributed by atoms with E-state index in [2.05, 4.69) is 20.4 Å². The largest absolute Gasteiger partial charge is 0.348 e. The fraction of sp³-hybridized carbons (Fsp3) is 0.130. The average Bonchev–Trinajstić information content (AvgIpc) is 3.20. The first-order valence-electron chi connectivity index (χ1n) is 9.56. The van der Waals surface area contributed by atoms with E-state index in [1.165, 1.54) is 0 Å². The molecule has 7 heteroatoms. The maximum atomic E-state index is 13.0. The number of pyridine rings is 2. The lowest BCUT2D eigenvalue weighted by molar-refractivity contribution is 0.0951. The summed E-state index contributed by atoms with van der Waals surface area (Å²) in [7, 11) is 0. The Hall–Kier alpha value is -4.00. The van der Waals surface area contributed by atoms with E-state index in [1.54, 1.807) is 29.3 Å². The SMILES string of the molecule is Cc1cc(C)c(CNC(=O)c2cn(-c3ccccc3)nc2-c2cccnc2)c(=O)[nH]1. The molecular weight excluding hydrogens is 378 g/mol. The molecule has 0 aliphatic heterocycles. The number of hydrogen-bond donors (Lipinski definition) is 2. The van der Waals surface area contributed by atoms with Crippen molar-refractivity contribution in [3.05, 3.63) is 99.9 Å². The number of nitrogens with zero attached hydrogens (tertiary/aromatic N) is 3. The Labute approximate surface area is 173 Å². The van der Waals surface area contributed by atoms with Crippen molar-refractivity contribution in [2.75, 3.05) is 0 Å². The van der Waals surface area contributed by atoms with Crippen LogP contribution in [-0.4, -0.2) is 25.7 Å². The summed E-state index contributed by atoms with van der Waals surface area (Å²) in [5, 5.41) is 7.48. The summed E-state index contributed by atoms with van der Waals surface area (Å²) < 4.78 is 1.67. The molecule has 1 aromatic carbocycles. The summed E-state index contributed by atoms with van der Waals surface area (Å²) in [4.78, 5) is 32.2. The Bertz CT molecular complexity index is 1240. The highest BCUT2D eigenvalue weighted by atomic mass is 16.2. The number of aromatic amines is 1. The topological polar surface area (TPSA) is 92.7 Å². The van der Waals surface area contributed by atoms with Crippen LogP contribution in [0.1, 0.15) is 27.2 Å². The van der Waals surface area contributed by atoms with Gasteiger partial charge < -0.3 is 10.3 Å². The number of hydrogen-bond acceptors (Lipinski definition) is 4. The van der Waals surface area contributed by atoms with Crippen LogP contribution in [0, 0.1) is 13.8 Å². The Kier molecular flexibility index (Phi) is 5.26. The van der Waals surface area contributed by atoms with Crippen molar-refractivity contribution in [2.45, 2.75) is 20.4 Å². The number of benzene rings is 1. The van der Waals surface area contributed by atoms with E-state index in [-0.39, 0.29) is 18.0 Å². The zero-order valence-corrected chi connectivity index (χ0v) is 16.7. The van der Waals surface area contributed by atoms with Gasteiger partial charge in [-0.1, -0.05) is 18.2 Å². The summed E-state index contributed by atoms with van der Waals surface area (Å²) >= 11 is 0. The lowest BCUT2D eigenvalue weighted by Gasteiger charge is -2.08. The van der Waals surface area contributed by atoms with Crippen LogP contribution in [0.15, 0.2) is 71.9 Å². The van der Waals surface area contributed by atoms with Crippen molar-refractivity contribution in [3.63, 3.8) is 0 Å². The standard InChI is InChI=1S/C23H21N5O2/c1-15-11-16(2)26-23(30)19(15)13-25-22(29)20-14-28(18-8-4-3-5-9-18)27-21(20)17-7-6-10-24-12-17/h3-12,14H,13H2,1-2H3,(H,25,29)(H,26,30). The molecule has 4 rings (SSSR count). The zero-order valence-electron chi connectivity index (χ0n) is 16.7. The van der Waals surface area contributed by atoms with Crippen LogP contribution in [0.3, 0.4) is 0 Å². The van der Waals surface area contributed by atoms with Crippen molar-refractivity contribution in [3.8, 4) is 16.9 Å². The van der Waals surface area contributed by atoms with Gasteiger partial charge in [0.15, 0.2) is 0 Å². The van der Waals surface area contributed by atoms with Crippen LogP contribution in [0.5, 0.6) is 0 Å². The maximum absolute atomic E-state index is 13.0. The molecule has 0 aliphatic carbocycles. The third-order valence-electron chi connectivity index (χ3n) is 4.83. The molecule has 0 spiro atoms. The van der Waals surface area contributed by atoms with E-state index in [0.29, 0.717) is 16.8 Å². The van der Waals surface area contributed by atoms with Gasteiger partial charge in [0.2, 0.25) is 0 Å². The highest BCUT2D eigenvalue weighted by molar-refractivity contribution is 5.99. The van der Waals surface area contributed by atoms with Gasteiger partial charge >= 0.3 is 0 Å². The van der Waals surface area contributed by atoms with Crippen molar-refractivity contribution in [1.82, 2.24) is 25.1 Å². The van der Waals surface area contributed by atoms with Crippen molar-refractivity contribution in [1.29, 1.82) is 0 Å². The van der Waals surface area contributed by atoms with E-state index in [0.717, 1.165) is 22.5 Å². The number of amides is 1. The number of aromatic nitrogens is 4. The van der Waals surface area contributed by atoms with Crippen LogP contribution in [0.2, 0.25) is 0 Å². The third kappa shape index (κ3) is 3.91. The molecular formula is C23H21N5O2. The minimum absolute atomic E-state index is 0.128. The highest BCUT2D eigenvalue weighted by Crippen LogP contribution is 2.23. The van der Waals surface area contributed by atoms with Gasteiger partial charge in [-0.15, -0.1) is 0 Å². The summed E-state index contributed by atoms with van der Waals surface area (Å²) in [6.07, 6.45) is 5.03. The molecule has 0 atom stereocenters. The first-order valence-corrected chi connectivity index (χ1v) is 9.56. The van der Waals surface area contributed by atoms with E-state index < -0.39 is 0 Å². The maximum Gasteiger partial charge on any atom is 0.255 e. The Morgan fingerprint density at radius 1 is 1.13 bits per heavy atom. The highest BCUT2D eigenvalue weighted by Gasteiger charge is 2.19. The third-order valence-corrected chi connectivity index (χ3v) is 4.83. The van der Waals surface area contributed by atoms with Gasteiger partial charge in [0.25, 0.3) is 11.5 Å². The number of carbonyl (C=O) groups is 1. The second-order valence-corrected chi connectivity index (χ2v) is 7.04. The van der Waals surface area contributed by atoms with Crippen LogP contribution in [0.4, 0.5) is 0 Å². The predicted octanol–water partition coefficient (Wildman–Crippen LogP) is 3.17. The Balaban J connectivity index is 1.68. The minimum Gasteiger partial charge on any atom is -0.348 e. The fourth-order valence-electron chi connectivity index (χ4n) is 3.33. The fourth-order valence-corrected chi connectivity index (χ4v) is 3.33. The lowest BCUT2D eigenvalue weighted by atomic mass is 10.1. The number of H-pyrrole nitrogens is 1. The molecule has 0 radical (unpaired) electrons. The molecule has 1 amide bonds. The molecule has 30 heavy (non-hydrogen) atoms.